The maximum atomic E-state index is 11.3. The van der Waals surface area contributed by atoms with E-state index in [2.05, 4.69) is 47.8 Å². The van der Waals surface area contributed by atoms with Gasteiger partial charge in [-0.25, -0.2) is 4.79 Å². The molecule has 17 heavy (non-hydrogen) atoms. The topological polar surface area (TPSA) is 46.5 Å². The lowest BCUT2D eigenvalue weighted by Gasteiger charge is -2.19. The molecule has 1 aliphatic rings. The summed E-state index contributed by atoms with van der Waals surface area (Å²) in [5, 5.41) is 10.2. The molecule has 0 radical (unpaired) electrons. The monoisotopic (exact) mass is 424 g/mol. The van der Waals surface area contributed by atoms with Gasteiger partial charge in [0.25, 0.3) is 0 Å². The Morgan fingerprint density at radius 1 is 1.24 bits per heavy atom. The Morgan fingerprint density at radius 3 is 2.41 bits per heavy atom. The third kappa shape index (κ3) is 2.50. The van der Waals surface area contributed by atoms with Gasteiger partial charge >= 0.3 is 5.97 Å². The summed E-state index contributed by atoms with van der Waals surface area (Å²) in [6, 6.07) is 7.26. The van der Waals surface area contributed by atoms with E-state index in [1.165, 1.54) is 0 Å². The van der Waals surface area contributed by atoms with Crippen molar-refractivity contribution < 1.29 is 14.6 Å². The Morgan fingerprint density at radius 2 is 1.88 bits per heavy atom. The normalized spacial score (nSPS) is 21.6. The number of benzene rings is 1. The first-order valence-electron chi connectivity index (χ1n) is 4.71. The first-order chi connectivity index (χ1) is 8.02. The number of hydrogen-bond acceptors (Lipinski definition) is 3. The average molecular weight is 427 g/mol. The zero-order valence-corrected chi connectivity index (χ0v) is 13.1. The number of halogens is 3. The second-order valence-corrected chi connectivity index (χ2v) is 5.96. The summed E-state index contributed by atoms with van der Waals surface area (Å²) in [6.07, 6.45) is -1.63. The molecule has 1 N–H and O–H groups in total. The molecule has 0 aromatic heterocycles. The van der Waals surface area contributed by atoms with Gasteiger partial charge in [-0.15, -0.1) is 0 Å². The molecule has 0 fully saturated rings. The van der Waals surface area contributed by atoms with Gasteiger partial charge in [0.15, 0.2) is 6.10 Å². The third-order valence-corrected chi connectivity index (χ3v) is 5.24. The van der Waals surface area contributed by atoms with Crippen molar-refractivity contribution in [2.75, 3.05) is 0 Å². The van der Waals surface area contributed by atoms with Crippen molar-refractivity contribution >= 4 is 53.8 Å². The Bertz CT molecular complexity index is 498. The molecule has 1 aliphatic heterocycles. The van der Waals surface area contributed by atoms with Crippen LogP contribution in [-0.4, -0.2) is 17.2 Å². The molecule has 3 nitrogen and oxygen atoms in total. The largest absolute Gasteiger partial charge is 0.450 e. The van der Waals surface area contributed by atoms with Crippen molar-refractivity contribution in [1.82, 2.24) is 0 Å². The second kappa shape index (κ2) is 5.22. The maximum Gasteiger partial charge on any atom is 0.346 e. The van der Waals surface area contributed by atoms with Gasteiger partial charge in [0.2, 0.25) is 0 Å². The lowest BCUT2D eigenvalue weighted by molar-refractivity contribution is -0.143. The zero-order chi connectivity index (χ0) is 12.6. The molecule has 0 saturated carbocycles. The molecule has 0 bridgehead atoms. The summed E-state index contributed by atoms with van der Waals surface area (Å²) < 4.78 is 6.68. The molecule has 0 spiro atoms. The fraction of sp³-hybridized carbons (Fsp3) is 0.182. The van der Waals surface area contributed by atoms with Crippen LogP contribution < -0.4 is 0 Å². The van der Waals surface area contributed by atoms with Gasteiger partial charge in [0, 0.05) is 4.47 Å². The number of carbonyl (C=O) groups is 1. The summed E-state index contributed by atoms with van der Waals surface area (Å²) in [4.78, 5) is 11.3. The molecule has 1 aromatic rings. The van der Waals surface area contributed by atoms with Crippen LogP contribution in [0.4, 0.5) is 0 Å². The predicted molar refractivity (Wildman–Crippen MR) is 73.9 cm³/mol. The van der Waals surface area contributed by atoms with Gasteiger partial charge in [-0.3, -0.25) is 0 Å². The van der Waals surface area contributed by atoms with Crippen molar-refractivity contribution in [3.05, 3.63) is 43.3 Å². The summed E-state index contributed by atoms with van der Waals surface area (Å²) >= 11 is 9.70. The number of cyclic esters (lactones) is 1. The highest BCUT2D eigenvalue weighted by atomic mass is 79.9. The number of rotatable bonds is 2. The van der Waals surface area contributed by atoms with E-state index in [1.54, 1.807) is 6.07 Å². The van der Waals surface area contributed by atoms with Crippen molar-refractivity contribution in [2.24, 2.45) is 0 Å². The van der Waals surface area contributed by atoms with Gasteiger partial charge < -0.3 is 9.84 Å². The minimum Gasteiger partial charge on any atom is -0.450 e. The molecule has 0 amide bonds. The lowest BCUT2D eigenvalue weighted by Crippen LogP contribution is -2.20. The van der Waals surface area contributed by atoms with Crippen LogP contribution in [0.15, 0.2) is 37.7 Å². The minimum atomic E-state index is -0.918. The Hall–Kier alpha value is -0.170. The van der Waals surface area contributed by atoms with Crippen LogP contribution in [-0.2, 0) is 9.53 Å². The molecule has 2 atom stereocenters. The molecule has 2 rings (SSSR count). The molecule has 0 unspecified atom stereocenters. The van der Waals surface area contributed by atoms with Crippen LogP contribution >= 0.6 is 47.8 Å². The van der Waals surface area contributed by atoms with Gasteiger partial charge in [-0.05, 0) is 43.5 Å². The van der Waals surface area contributed by atoms with Crippen LogP contribution in [0.1, 0.15) is 11.7 Å². The fourth-order valence-electron chi connectivity index (χ4n) is 1.52. The zero-order valence-electron chi connectivity index (χ0n) is 8.36. The van der Waals surface area contributed by atoms with Gasteiger partial charge in [-0.2, -0.15) is 0 Å². The van der Waals surface area contributed by atoms with Crippen LogP contribution in [0.5, 0.6) is 0 Å². The molecular weight excluding hydrogens is 420 g/mol. The molecular formula is C11H7Br3O3. The summed E-state index contributed by atoms with van der Waals surface area (Å²) in [5.41, 5.74) is 0.671. The van der Waals surface area contributed by atoms with Crippen molar-refractivity contribution in [3.8, 4) is 0 Å². The van der Waals surface area contributed by atoms with E-state index in [0.29, 0.717) is 14.5 Å². The first kappa shape index (κ1) is 13.3. The maximum absolute atomic E-state index is 11.3. The smallest absolute Gasteiger partial charge is 0.346 e. The van der Waals surface area contributed by atoms with E-state index >= 15 is 0 Å². The van der Waals surface area contributed by atoms with E-state index in [-0.39, 0.29) is 0 Å². The summed E-state index contributed by atoms with van der Waals surface area (Å²) in [5.74, 6) is -0.479. The van der Waals surface area contributed by atoms with Crippen molar-refractivity contribution in [1.29, 1.82) is 0 Å². The first-order valence-corrected chi connectivity index (χ1v) is 7.09. The van der Waals surface area contributed by atoms with E-state index in [4.69, 9.17) is 4.74 Å². The van der Waals surface area contributed by atoms with Gasteiger partial charge in [0.05, 0.1) is 4.48 Å². The number of esters is 1. The van der Waals surface area contributed by atoms with Crippen molar-refractivity contribution in [2.45, 2.75) is 12.2 Å². The molecule has 6 heteroatoms. The summed E-state index contributed by atoms with van der Waals surface area (Å²) in [7, 11) is 0. The van der Waals surface area contributed by atoms with Gasteiger partial charge in [-0.1, -0.05) is 34.1 Å². The minimum absolute atomic E-state index is 0.314. The van der Waals surface area contributed by atoms with E-state index in [9.17, 15) is 9.90 Å². The quantitative estimate of drug-likeness (QED) is 0.737. The molecule has 1 aromatic carbocycles. The number of hydrogen-bond donors (Lipinski definition) is 1. The van der Waals surface area contributed by atoms with Crippen LogP contribution in [0.3, 0.4) is 0 Å². The number of carbonyl (C=O) groups excluding carboxylic acids is 1. The van der Waals surface area contributed by atoms with Crippen LogP contribution in [0, 0.1) is 0 Å². The van der Waals surface area contributed by atoms with Crippen LogP contribution in [0.2, 0.25) is 0 Å². The standard InChI is InChI=1S/C11H7Br3O3/c12-6-4-2-1-3-5(6)9(15)10-7(13)8(14)11(16)17-10/h1-4,9-10,15H/t9-,10-/m1/s1. The Balaban J connectivity index is 2.32. The third-order valence-electron chi connectivity index (χ3n) is 2.38. The SMILES string of the molecule is O=C1O[C@@H]([C@H](O)c2ccccc2Br)C(Br)=C1Br. The fourth-order valence-corrected chi connectivity index (χ4v) is 2.87. The van der Waals surface area contributed by atoms with E-state index in [0.717, 1.165) is 4.47 Å². The molecule has 0 aliphatic carbocycles. The number of aliphatic hydroxyl groups is 1. The number of aliphatic hydroxyl groups excluding tert-OH is 1. The highest BCUT2D eigenvalue weighted by Gasteiger charge is 2.37. The molecule has 90 valence electrons. The van der Waals surface area contributed by atoms with Gasteiger partial charge in [0.1, 0.15) is 10.6 Å². The molecule has 1 heterocycles. The Labute approximate surface area is 123 Å². The predicted octanol–water partition coefficient (Wildman–Crippen LogP) is 3.41. The lowest BCUT2D eigenvalue weighted by atomic mass is 10.0. The molecule has 0 saturated heterocycles. The second-order valence-electron chi connectivity index (χ2n) is 3.45. The highest BCUT2D eigenvalue weighted by molar-refractivity contribution is 9.14. The Kier molecular flexibility index (Phi) is 4.07. The number of ether oxygens (including phenoxy) is 1. The highest BCUT2D eigenvalue weighted by Crippen LogP contribution is 2.39. The summed E-state index contributed by atoms with van der Waals surface area (Å²) in [6.45, 7) is 0. The van der Waals surface area contributed by atoms with E-state index < -0.39 is 18.2 Å². The van der Waals surface area contributed by atoms with Crippen LogP contribution in [0.25, 0.3) is 0 Å². The van der Waals surface area contributed by atoms with E-state index in [1.807, 2.05) is 18.2 Å². The van der Waals surface area contributed by atoms with Crippen molar-refractivity contribution in [3.63, 3.8) is 0 Å². The average Bonchev–Trinajstić information content (AvgIpc) is 2.57.